The van der Waals surface area contributed by atoms with Crippen LogP contribution in [0.5, 0.6) is 0 Å². The van der Waals surface area contributed by atoms with Crippen LogP contribution in [0.4, 0.5) is 0 Å². The molecule has 0 saturated heterocycles. The summed E-state index contributed by atoms with van der Waals surface area (Å²) in [5, 5.41) is 14.5. The quantitative estimate of drug-likeness (QED) is 0.749. The SMILES string of the molecule is CC(C)(CO)CCCNC(=O)C1(c2cccs2)CCCCC1. The fraction of sp³-hybridized carbons (Fsp3) is 0.722. The van der Waals surface area contributed by atoms with Gasteiger partial charge < -0.3 is 10.4 Å². The molecule has 1 heterocycles. The van der Waals surface area contributed by atoms with Gasteiger partial charge in [-0.25, -0.2) is 0 Å². The highest BCUT2D eigenvalue weighted by Crippen LogP contribution is 2.41. The maximum atomic E-state index is 12.9. The molecule has 2 rings (SSSR count). The molecule has 22 heavy (non-hydrogen) atoms. The summed E-state index contributed by atoms with van der Waals surface area (Å²) in [6, 6.07) is 4.16. The third-order valence-electron chi connectivity index (χ3n) is 4.88. The predicted molar refractivity (Wildman–Crippen MR) is 92.2 cm³/mol. The number of rotatable bonds is 7. The highest BCUT2D eigenvalue weighted by Gasteiger charge is 2.41. The molecular formula is C18H29NO2S. The molecule has 1 aromatic heterocycles. The first-order valence-electron chi connectivity index (χ1n) is 8.43. The molecule has 0 aliphatic heterocycles. The van der Waals surface area contributed by atoms with E-state index in [0.29, 0.717) is 6.54 Å². The van der Waals surface area contributed by atoms with E-state index in [9.17, 15) is 9.90 Å². The lowest BCUT2D eigenvalue weighted by Crippen LogP contribution is -2.45. The van der Waals surface area contributed by atoms with Crippen molar-refractivity contribution in [2.75, 3.05) is 13.2 Å². The Morgan fingerprint density at radius 2 is 2.09 bits per heavy atom. The van der Waals surface area contributed by atoms with Gasteiger partial charge in [0.15, 0.2) is 0 Å². The van der Waals surface area contributed by atoms with E-state index >= 15 is 0 Å². The Morgan fingerprint density at radius 1 is 1.36 bits per heavy atom. The Balaban J connectivity index is 1.93. The van der Waals surface area contributed by atoms with Crippen molar-refractivity contribution >= 4 is 17.2 Å². The zero-order valence-corrected chi connectivity index (χ0v) is 14.7. The summed E-state index contributed by atoms with van der Waals surface area (Å²) in [6.45, 7) is 5.02. The minimum absolute atomic E-state index is 0.0546. The van der Waals surface area contributed by atoms with E-state index < -0.39 is 0 Å². The Kier molecular flexibility index (Phi) is 6.04. The molecule has 124 valence electrons. The molecule has 0 spiro atoms. The van der Waals surface area contributed by atoms with E-state index in [1.165, 1.54) is 11.3 Å². The molecule has 1 saturated carbocycles. The topological polar surface area (TPSA) is 49.3 Å². The minimum Gasteiger partial charge on any atom is -0.396 e. The average Bonchev–Trinajstić information content (AvgIpc) is 3.07. The van der Waals surface area contributed by atoms with Gasteiger partial charge in [0.25, 0.3) is 0 Å². The smallest absolute Gasteiger partial charge is 0.231 e. The van der Waals surface area contributed by atoms with E-state index in [-0.39, 0.29) is 23.3 Å². The van der Waals surface area contributed by atoms with Gasteiger partial charge in [0, 0.05) is 18.0 Å². The summed E-state index contributed by atoms with van der Waals surface area (Å²) in [7, 11) is 0. The average molecular weight is 324 g/mol. The zero-order chi connectivity index (χ0) is 16.1. The summed E-state index contributed by atoms with van der Waals surface area (Å²) in [5.74, 6) is 0.205. The molecule has 1 aromatic rings. The van der Waals surface area contributed by atoms with E-state index in [2.05, 4.69) is 30.6 Å². The standard InChI is InChI=1S/C18H29NO2S/c1-17(2,14-20)9-7-12-19-16(21)18(10-4-3-5-11-18)15-8-6-13-22-15/h6,8,13,20H,3-5,7,9-12,14H2,1-2H3,(H,19,21). The summed E-state index contributed by atoms with van der Waals surface area (Å²) >= 11 is 1.71. The first-order valence-corrected chi connectivity index (χ1v) is 9.31. The van der Waals surface area contributed by atoms with Crippen molar-refractivity contribution in [3.8, 4) is 0 Å². The van der Waals surface area contributed by atoms with Gasteiger partial charge in [-0.2, -0.15) is 0 Å². The number of aliphatic hydroxyl groups excluding tert-OH is 1. The van der Waals surface area contributed by atoms with E-state index in [0.717, 1.165) is 38.5 Å². The van der Waals surface area contributed by atoms with E-state index in [1.807, 2.05) is 6.07 Å². The maximum absolute atomic E-state index is 12.9. The van der Waals surface area contributed by atoms with Crippen molar-refractivity contribution in [3.05, 3.63) is 22.4 Å². The van der Waals surface area contributed by atoms with E-state index in [1.54, 1.807) is 11.3 Å². The van der Waals surface area contributed by atoms with Crippen LogP contribution in [0.15, 0.2) is 17.5 Å². The van der Waals surface area contributed by atoms with Crippen molar-refractivity contribution in [1.29, 1.82) is 0 Å². The van der Waals surface area contributed by atoms with Gasteiger partial charge in [-0.15, -0.1) is 11.3 Å². The molecule has 1 aliphatic rings. The van der Waals surface area contributed by atoms with Gasteiger partial charge in [0.2, 0.25) is 5.91 Å². The van der Waals surface area contributed by atoms with Crippen LogP contribution >= 0.6 is 11.3 Å². The lowest BCUT2D eigenvalue weighted by Gasteiger charge is -2.35. The number of carbonyl (C=O) groups is 1. The second-order valence-electron chi connectivity index (χ2n) is 7.30. The Morgan fingerprint density at radius 3 is 2.68 bits per heavy atom. The lowest BCUT2D eigenvalue weighted by molar-refractivity contribution is -0.128. The lowest BCUT2D eigenvalue weighted by atomic mass is 9.72. The van der Waals surface area contributed by atoms with Gasteiger partial charge in [-0.1, -0.05) is 39.2 Å². The van der Waals surface area contributed by atoms with Crippen LogP contribution in [0.25, 0.3) is 0 Å². The number of hydrogen-bond acceptors (Lipinski definition) is 3. The van der Waals surface area contributed by atoms with Crippen LogP contribution in [-0.4, -0.2) is 24.2 Å². The minimum atomic E-state index is -0.293. The molecule has 0 aromatic carbocycles. The Labute approximate surface area is 138 Å². The molecule has 0 unspecified atom stereocenters. The van der Waals surface area contributed by atoms with Crippen molar-refractivity contribution in [2.45, 2.75) is 64.2 Å². The number of amides is 1. The number of thiophene rings is 1. The van der Waals surface area contributed by atoms with Gasteiger partial charge in [-0.3, -0.25) is 4.79 Å². The van der Waals surface area contributed by atoms with Crippen LogP contribution in [0, 0.1) is 5.41 Å². The van der Waals surface area contributed by atoms with Gasteiger partial charge >= 0.3 is 0 Å². The van der Waals surface area contributed by atoms with Gasteiger partial charge in [-0.05, 0) is 42.5 Å². The number of hydrogen-bond donors (Lipinski definition) is 2. The third-order valence-corrected chi connectivity index (χ3v) is 5.95. The van der Waals surface area contributed by atoms with Crippen molar-refractivity contribution in [3.63, 3.8) is 0 Å². The molecule has 1 aliphatic carbocycles. The maximum Gasteiger partial charge on any atom is 0.231 e. The molecule has 3 nitrogen and oxygen atoms in total. The summed E-state index contributed by atoms with van der Waals surface area (Å²) in [4.78, 5) is 14.1. The molecule has 0 bridgehead atoms. The highest BCUT2D eigenvalue weighted by atomic mass is 32.1. The summed E-state index contributed by atoms with van der Waals surface area (Å²) in [6.07, 6.45) is 7.31. The molecule has 1 fully saturated rings. The second-order valence-corrected chi connectivity index (χ2v) is 8.25. The fourth-order valence-corrected chi connectivity index (χ4v) is 4.29. The monoisotopic (exact) mass is 323 g/mol. The number of carbonyl (C=O) groups excluding carboxylic acids is 1. The molecule has 4 heteroatoms. The van der Waals surface area contributed by atoms with Crippen LogP contribution < -0.4 is 5.32 Å². The highest BCUT2D eigenvalue weighted by molar-refractivity contribution is 7.10. The fourth-order valence-electron chi connectivity index (χ4n) is 3.31. The first-order chi connectivity index (χ1) is 10.5. The van der Waals surface area contributed by atoms with Gasteiger partial charge in [0.1, 0.15) is 0 Å². The van der Waals surface area contributed by atoms with Crippen molar-refractivity contribution < 1.29 is 9.90 Å². The van der Waals surface area contributed by atoms with Gasteiger partial charge in [0.05, 0.1) is 5.41 Å². The van der Waals surface area contributed by atoms with E-state index in [4.69, 9.17) is 0 Å². The first kappa shape index (κ1) is 17.5. The molecule has 0 radical (unpaired) electrons. The van der Waals surface area contributed by atoms with Crippen LogP contribution in [0.2, 0.25) is 0 Å². The molecule has 2 N–H and O–H groups in total. The Bertz CT molecular complexity index is 461. The largest absolute Gasteiger partial charge is 0.396 e. The number of nitrogens with one attached hydrogen (secondary N) is 1. The molecular weight excluding hydrogens is 294 g/mol. The Hall–Kier alpha value is -0.870. The summed E-state index contributed by atoms with van der Waals surface area (Å²) in [5.41, 5.74) is -0.347. The normalized spacial score (nSPS) is 18.1. The van der Waals surface area contributed by atoms with Crippen molar-refractivity contribution in [2.24, 2.45) is 5.41 Å². The summed E-state index contributed by atoms with van der Waals surface area (Å²) < 4.78 is 0. The predicted octanol–water partition coefficient (Wildman–Crippen LogP) is 3.86. The molecule has 1 amide bonds. The number of aliphatic hydroxyl groups is 1. The second kappa shape index (κ2) is 7.60. The zero-order valence-electron chi connectivity index (χ0n) is 13.9. The van der Waals surface area contributed by atoms with Crippen LogP contribution in [-0.2, 0) is 10.2 Å². The van der Waals surface area contributed by atoms with Crippen LogP contribution in [0.1, 0.15) is 63.7 Å². The van der Waals surface area contributed by atoms with Crippen LogP contribution in [0.3, 0.4) is 0 Å². The molecule has 0 atom stereocenters. The third kappa shape index (κ3) is 4.11. The van der Waals surface area contributed by atoms with Crippen molar-refractivity contribution in [1.82, 2.24) is 5.32 Å².